The second kappa shape index (κ2) is 4.36. The fourth-order valence-corrected chi connectivity index (χ4v) is 1.73. The average molecular weight is 233 g/mol. The van der Waals surface area contributed by atoms with Gasteiger partial charge in [0.15, 0.2) is 6.23 Å². The first-order chi connectivity index (χ1) is 6.81. The molecule has 2 rings (SSSR count). The third-order valence-electron chi connectivity index (χ3n) is 2.09. The van der Waals surface area contributed by atoms with Gasteiger partial charge in [-0.3, -0.25) is 4.84 Å². The third-order valence-corrected chi connectivity index (χ3v) is 2.61. The number of hydrogen-bond donors (Lipinski definition) is 1. The summed E-state index contributed by atoms with van der Waals surface area (Å²) in [4.78, 5) is 7.24. The van der Waals surface area contributed by atoms with E-state index in [1.165, 1.54) is 0 Å². The van der Waals surface area contributed by atoms with Crippen molar-refractivity contribution in [2.45, 2.75) is 6.23 Å². The first kappa shape index (κ1) is 10.1. The first-order valence-corrected chi connectivity index (χ1v) is 5.19. The molecule has 1 aromatic carbocycles. The molecule has 1 aliphatic rings. The molecule has 0 aliphatic carbocycles. The molecule has 1 atom stereocenters. The minimum Gasteiger partial charge on any atom is -0.328 e. The predicted molar refractivity (Wildman–Crippen MR) is 57.5 cm³/mol. The summed E-state index contributed by atoms with van der Waals surface area (Å²) in [5.74, 6) is 0.426. The van der Waals surface area contributed by atoms with E-state index in [4.69, 9.17) is 28.0 Å². The van der Waals surface area contributed by atoms with Gasteiger partial charge in [-0.15, -0.1) is 11.6 Å². The molecule has 76 valence electrons. The Bertz CT molecular complexity index is 304. The summed E-state index contributed by atoms with van der Waals surface area (Å²) in [5, 5.41) is 0.726. The second-order valence-corrected chi connectivity index (χ2v) is 3.72. The summed E-state index contributed by atoms with van der Waals surface area (Å²) in [7, 11) is 0. The van der Waals surface area contributed by atoms with Gasteiger partial charge < -0.3 is 4.90 Å². The maximum Gasteiger partial charge on any atom is 0.165 e. The van der Waals surface area contributed by atoms with Crippen LogP contribution in [0.2, 0.25) is 5.02 Å². The lowest BCUT2D eigenvalue weighted by Gasteiger charge is -2.21. The van der Waals surface area contributed by atoms with Gasteiger partial charge in [-0.25, -0.2) is 0 Å². The van der Waals surface area contributed by atoms with Crippen LogP contribution in [0.5, 0.6) is 0 Å². The summed E-state index contributed by atoms with van der Waals surface area (Å²) in [6.07, 6.45) is -0.113. The van der Waals surface area contributed by atoms with Crippen molar-refractivity contribution in [3.8, 4) is 0 Å². The summed E-state index contributed by atoms with van der Waals surface area (Å²) >= 11 is 11.5. The lowest BCUT2D eigenvalue weighted by molar-refractivity contribution is 0.0477. The minimum absolute atomic E-state index is 0.113. The Morgan fingerprint density at radius 3 is 2.79 bits per heavy atom. The molecule has 0 saturated carbocycles. The predicted octanol–water partition coefficient (Wildman–Crippen LogP) is 2.20. The second-order valence-electron chi connectivity index (χ2n) is 2.98. The topological polar surface area (TPSA) is 24.5 Å². The van der Waals surface area contributed by atoms with Gasteiger partial charge in [0.2, 0.25) is 0 Å². The summed E-state index contributed by atoms with van der Waals surface area (Å²) in [6, 6.07) is 7.58. The number of hydrogen-bond acceptors (Lipinski definition) is 3. The van der Waals surface area contributed by atoms with Crippen LogP contribution in [-0.2, 0) is 4.84 Å². The average Bonchev–Trinajstić information content (AvgIpc) is 2.67. The van der Waals surface area contributed by atoms with E-state index in [0.29, 0.717) is 12.5 Å². The zero-order chi connectivity index (χ0) is 9.97. The van der Waals surface area contributed by atoms with Crippen molar-refractivity contribution in [2.75, 3.05) is 17.4 Å². The molecule has 1 aromatic rings. The molecule has 5 heteroatoms. The molecule has 1 unspecified atom stereocenters. The Hall–Kier alpha value is -0.480. The Morgan fingerprint density at radius 1 is 1.43 bits per heavy atom. The molecular weight excluding hydrogens is 223 g/mol. The van der Waals surface area contributed by atoms with E-state index in [1.54, 1.807) is 0 Å². The van der Waals surface area contributed by atoms with E-state index in [1.807, 2.05) is 29.2 Å². The Kier molecular flexibility index (Phi) is 3.13. The molecule has 1 fully saturated rings. The van der Waals surface area contributed by atoms with Crippen LogP contribution in [0.4, 0.5) is 5.69 Å². The number of nitrogens with zero attached hydrogens (tertiary/aromatic N) is 1. The van der Waals surface area contributed by atoms with Crippen LogP contribution in [0, 0.1) is 0 Å². The summed E-state index contributed by atoms with van der Waals surface area (Å²) in [6.45, 7) is 0.638. The fraction of sp³-hybridized carbons (Fsp3) is 0.333. The van der Waals surface area contributed by atoms with Crippen molar-refractivity contribution in [2.24, 2.45) is 0 Å². The molecule has 1 saturated heterocycles. The van der Waals surface area contributed by atoms with Gasteiger partial charge in [0.25, 0.3) is 0 Å². The molecule has 0 radical (unpaired) electrons. The molecule has 0 spiro atoms. The van der Waals surface area contributed by atoms with E-state index < -0.39 is 0 Å². The van der Waals surface area contributed by atoms with Crippen molar-refractivity contribution in [3.05, 3.63) is 29.3 Å². The number of hydroxylamine groups is 1. The van der Waals surface area contributed by atoms with E-state index in [-0.39, 0.29) is 6.23 Å². The van der Waals surface area contributed by atoms with Gasteiger partial charge >= 0.3 is 0 Å². The van der Waals surface area contributed by atoms with Crippen LogP contribution >= 0.6 is 23.2 Å². The van der Waals surface area contributed by atoms with Crippen molar-refractivity contribution in [3.63, 3.8) is 0 Å². The van der Waals surface area contributed by atoms with Crippen LogP contribution in [0.1, 0.15) is 0 Å². The Balaban J connectivity index is 2.17. The van der Waals surface area contributed by atoms with E-state index in [0.717, 1.165) is 10.7 Å². The number of halogens is 2. The van der Waals surface area contributed by atoms with Gasteiger partial charge in [0.1, 0.15) is 0 Å². The fourth-order valence-electron chi connectivity index (χ4n) is 1.37. The minimum atomic E-state index is -0.113. The number of anilines is 1. The number of nitrogens with one attached hydrogen (secondary N) is 1. The van der Waals surface area contributed by atoms with Gasteiger partial charge in [-0.2, -0.15) is 5.48 Å². The zero-order valence-corrected chi connectivity index (χ0v) is 8.92. The summed E-state index contributed by atoms with van der Waals surface area (Å²) < 4.78 is 0. The van der Waals surface area contributed by atoms with Crippen LogP contribution < -0.4 is 10.4 Å². The van der Waals surface area contributed by atoms with E-state index in [2.05, 4.69) is 5.48 Å². The van der Waals surface area contributed by atoms with E-state index in [9.17, 15) is 0 Å². The third kappa shape index (κ3) is 1.96. The standard InChI is InChI=1S/C9H10Cl2N2O/c10-5-9-13(6-12-14-9)8-3-1-7(11)2-4-8/h1-4,9,12H,5-6H2. The van der Waals surface area contributed by atoms with Gasteiger partial charge in [-0.1, -0.05) is 11.6 Å². The van der Waals surface area contributed by atoms with Gasteiger partial charge in [0.05, 0.1) is 12.5 Å². The lowest BCUT2D eigenvalue weighted by atomic mass is 10.3. The number of alkyl halides is 1. The molecular formula is C9H10Cl2N2O. The van der Waals surface area contributed by atoms with Crippen molar-refractivity contribution in [1.29, 1.82) is 0 Å². The molecule has 3 nitrogen and oxygen atoms in total. The zero-order valence-electron chi connectivity index (χ0n) is 7.41. The normalized spacial score (nSPS) is 21.6. The monoisotopic (exact) mass is 232 g/mol. The van der Waals surface area contributed by atoms with Crippen molar-refractivity contribution in [1.82, 2.24) is 5.48 Å². The number of benzene rings is 1. The van der Waals surface area contributed by atoms with Gasteiger partial charge in [-0.05, 0) is 24.3 Å². The summed E-state index contributed by atoms with van der Waals surface area (Å²) in [5.41, 5.74) is 3.84. The Labute approximate surface area is 92.5 Å². The molecule has 1 heterocycles. The first-order valence-electron chi connectivity index (χ1n) is 4.28. The quantitative estimate of drug-likeness (QED) is 0.792. The smallest absolute Gasteiger partial charge is 0.165 e. The van der Waals surface area contributed by atoms with Crippen LogP contribution in [0.25, 0.3) is 0 Å². The maximum absolute atomic E-state index is 5.80. The number of rotatable bonds is 2. The lowest BCUT2D eigenvalue weighted by Crippen LogP contribution is -2.31. The SMILES string of the molecule is ClCC1ONCN1c1ccc(Cl)cc1. The van der Waals surface area contributed by atoms with Gasteiger partial charge in [0, 0.05) is 10.7 Å². The largest absolute Gasteiger partial charge is 0.328 e. The van der Waals surface area contributed by atoms with Crippen molar-refractivity contribution >= 4 is 28.9 Å². The van der Waals surface area contributed by atoms with Crippen LogP contribution in [-0.4, -0.2) is 18.8 Å². The highest BCUT2D eigenvalue weighted by Gasteiger charge is 2.24. The molecule has 0 bridgehead atoms. The molecule has 14 heavy (non-hydrogen) atoms. The van der Waals surface area contributed by atoms with Crippen LogP contribution in [0.15, 0.2) is 24.3 Å². The Morgan fingerprint density at radius 2 is 2.14 bits per heavy atom. The molecule has 1 N–H and O–H groups in total. The van der Waals surface area contributed by atoms with E-state index >= 15 is 0 Å². The highest BCUT2D eigenvalue weighted by atomic mass is 35.5. The molecule has 0 amide bonds. The molecule has 1 aliphatic heterocycles. The van der Waals surface area contributed by atoms with Crippen molar-refractivity contribution < 1.29 is 4.84 Å². The van der Waals surface area contributed by atoms with Crippen LogP contribution in [0.3, 0.4) is 0 Å². The highest BCUT2D eigenvalue weighted by molar-refractivity contribution is 6.30. The maximum atomic E-state index is 5.80. The molecule has 0 aromatic heterocycles. The highest BCUT2D eigenvalue weighted by Crippen LogP contribution is 2.22.